The molecule has 0 saturated heterocycles. The van der Waals surface area contributed by atoms with Gasteiger partial charge in [0, 0.05) is 6.54 Å². The van der Waals surface area contributed by atoms with Crippen LogP contribution in [0.1, 0.15) is 51.4 Å². The Morgan fingerprint density at radius 1 is 1.27 bits per heavy atom. The molecular formula is C12H22N2O. The lowest BCUT2D eigenvalue weighted by atomic mass is 9.77. The summed E-state index contributed by atoms with van der Waals surface area (Å²) < 4.78 is 0. The Morgan fingerprint density at radius 2 is 1.93 bits per heavy atom. The van der Waals surface area contributed by atoms with E-state index in [9.17, 15) is 4.79 Å². The van der Waals surface area contributed by atoms with Crippen LogP contribution in [0.3, 0.4) is 0 Å². The number of nitrogens with one attached hydrogen (secondary N) is 1. The fourth-order valence-corrected chi connectivity index (χ4v) is 2.65. The molecule has 0 aromatic carbocycles. The van der Waals surface area contributed by atoms with Gasteiger partial charge in [-0.15, -0.1) is 0 Å². The molecule has 3 nitrogen and oxygen atoms in total. The monoisotopic (exact) mass is 210 g/mol. The molecule has 0 aliphatic heterocycles. The Morgan fingerprint density at radius 3 is 2.47 bits per heavy atom. The van der Waals surface area contributed by atoms with Crippen molar-refractivity contribution in [2.45, 2.75) is 56.9 Å². The number of amides is 1. The number of hydrogen-bond acceptors (Lipinski definition) is 2. The third kappa shape index (κ3) is 2.51. The molecule has 2 aliphatic rings. The molecule has 2 saturated carbocycles. The second kappa shape index (κ2) is 4.52. The second-order valence-electron chi connectivity index (χ2n) is 5.20. The first kappa shape index (κ1) is 10.9. The SMILES string of the molecule is NC1(C(=O)NCCC2CCCC2)CCC1. The molecule has 0 spiro atoms. The van der Waals surface area contributed by atoms with Crippen molar-refractivity contribution in [2.24, 2.45) is 11.7 Å². The van der Waals surface area contributed by atoms with Crippen LogP contribution < -0.4 is 11.1 Å². The van der Waals surface area contributed by atoms with E-state index in [2.05, 4.69) is 5.32 Å². The zero-order chi connectivity index (χ0) is 10.7. The molecule has 0 aromatic rings. The average Bonchev–Trinajstić information content (AvgIpc) is 2.66. The molecule has 2 aliphatic carbocycles. The van der Waals surface area contributed by atoms with Gasteiger partial charge in [-0.1, -0.05) is 25.7 Å². The van der Waals surface area contributed by atoms with Crippen molar-refractivity contribution in [1.82, 2.24) is 5.32 Å². The summed E-state index contributed by atoms with van der Waals surface area (Å²) in [4.78, 5) is 11.7. The molecule has 3 heteroatoms. The summed E-state index contributed by atoms with van der Waals surface area (Å²) in [5.74, 6) is 0.923. The number of hydrogen-bond donors (Lipinski definition) is 2. The van der Waals surface area contributed by atoms with Gasteiger partial charge in [0.05, 0.1) is 5.54 Å². The zero-order valence-electron chi connectivity index (χ0n) is 9.43. The van der Waals surface area contributed by atoms with Crippen LogP contribution in [0.4, 0.5) is 0 Å². The van der Waals surface area contributed by atoms with Crippen LogP contribution >= 0.6 is 0 Å². The number of nitrogens with two attached hydrogens (primary N) is 1. The highest BCUT2D eigenvalue weighted by Crippen LogP contribution is 2.29. The van der Waals surface area contributed by atoms with Crippen LogP contribution in [0.15, 0.2) is 0 Å². The lowest BCUT2D eigenvalue weighted by Crippen LogP contribution is -2.58. The highest BCUT2D eigenvalue weighted by molar-refractivity contribution is 5.86. The van der Waals surface area contributed by atoms with Crippen molar-refractivity contribution >= 4 is 5.91 Å². The predicted octanol–water partition coefficient (Wildman–Crippen LogP) is 1.56. The van der Waals surface area contributed by atoms with Crippen molar-refractivity contribution in [3.63, 3.8) is 0 Å². The number of carbonyl (C=O) groups is 1. The minimum absolute atomic E-state index is 0.0757. The topological polar surface area (TPSA) is 55.1 Å². The molecule has 0 radical (unpaired) electrons. The minimum atomic E-state index is -0.518. The third-order valence-electron chi connectivity index (χ3n) is 4.01. The molecule has 86 valence electrons. The van der Waals surface area contributed by atoms with Gasteiger partial charge < -0.3 is 11.1 Å². The molecule has 0 heterocycles. The lowest BCUT2D eigenvalue weighted by molar-refractivity contribution is -0.129. The first-order valence-corrected chi connectivity index (χ1v) is 6.28. The quantitative estimate of drug-likeness (QED) is 0.740. The average molecular weight is 210 g/mol. The van der Waals surface area contributed by atoms with Crippen molar-refractivity contribution in [2.75, 3.05) is 6.54 Å². The highest BCUT2D eigenvalue weighted by Gasteiger charge is 2.39. The predicted molar refractivity (Wildman–Crippen MR) is 60.4 cm³/mol. The van der Waals surface area contributed by atoms with E-state index < -0.39 is 5.54 Å². The largest absolute Gasteiger partial charge is 0.354 e. The van der Waals surface area contributed by atoms with E-state index in [0.29, 0.717) is 0 Å². The maximum atomic E-state index is 11.7. The normalized spacial score (nSPS) is 24.9. The summed E-state index contributed by atoms with van der Waals surface area (Å²) in [5.41, 5.74) is 5.41. The Labute approximate surface area is 91.8 Å². The Balaban J connectivity index is 1.62. The minimum Gasteiger partial charge on any atom is -0.354 e. The second-order valence-corrected chi connectivity index (χ2v) is 5.20. The van der Waals surface area contributed by atoms with Crippen LogP contribution in [0.5, 0.6) is 0 Å². The van der Waals surface area contributed by atoms with Gasteiger partial charge in [-0.25, -0.2) is 0 Å². The first-order chi connectivity index (χ1) is 7.21. The Kier molecular flexibility index (Phi) is 3.29. The number of carbonyl (C=O) groups excluding carboxylic acids is 1. The summed E-state index contributed by atoms with van der Waals surface area (Å²) in [6.07, 6.45) is 9.42. The van der Waals surface area contributed by atoms with Gasteiger partial charge in [0.15, 0.2) is 0 Å². The summed E-state index contributed by atoms with van der Waals surface area (Å²) in [6.45, 7) is 0.822. The van der Waals surface area contributed by atoms with Gasteiger partial charge in [0.25, 0.3) is 0 Å². The van der Waals surface area contributed by atoms with E-state index in [4.69, 9.17) is 5.73 Å². The maximum Gasteiger partial charge on any atom is 0.240 e. The van der Waals surface area contributed by atoms with Gasteiger partial charge in [-0.05, 0) is 31.6 Å². The summed E-state index contributed by atoms with van der Waals surface area (Å²) >= 11 is 0. The van der Waals surface area contributed by atoms with Crippen molar-refractivity contribution in [3.8, 4) is 0 Å². The van der Waals surface area contributed by atoms with Gasteiger partial charge in [0.1, 0.15) is 0 Å². The Bertz CT molecular complexity index is 230. The lowest BCUT2D eigenvalue weighted by Gasteiger charge is -2.36. The van der Waals surface area contributed by atoms with E-state index in [1.807, 2.05) is 0 Å². The molecular weight excluding hydrogens is 188 g/mol. The van der Waals surface area contributed by atoms with E-state index in [-0.39, 0.29) is 5.91 Å². The van der Waals surface area contributed by atoms with Crippen molar-refractivity contribution in [3.05, 3.63) is 0 Å². The fraction of sp³-hybridized carbons (Fsp3) is 0.917. The van der Waals surface area contributed by atoms with Crippen LogP contribution in [-0.4, -0.2) is 18.0 Å². The smallest absolute Gasteiger partial charge is 0.240 e. The van der Waals surface area contributed by atoms with E-state index >= 15 is 0 Å². The molecule has 3 N–H and O–H groups in total. The fourth-order valence-electron chi connectivity index (χ4n) is 2.65. The molecule has 0 unspecified atom stereocenters. The third-order valence-corrected chi connectivity index (χ3v) is 4.01. The van der Waals surface area contributed by atoms with Gasteiger partial charge in [-0.3, -0.25) is 4.79 Å². The number of rotatable bonds is 4. The van der Waals surface area contributed by atoms with E-state index in [1.54, 1.807) is 0 Å². The molecule has 0 bridgehead atoms. The van der Waals surface area contributed by atoms with Gasteiger partial charge in [0.2, 0.25) is 5.91 Å². The first-order valence-electron chi connectivity index (χ1n) is 6.28. The summed E-state index contributed by atoms with van der Waals surface area (Å²) in [7, 11) is 0. The molecule has 2 fully saturated rings. The van der Waals surface area contributed by atoms with Crippen LogP contribution in [0, 0.1) is 5.92 Å². The summed E-state index contributed by atoms with van der Waals surface area (Å²) in [6, 6.07) is 0. The van der Waals surface area contributed by atoms with Gasteiger partial charge >= 0.3 is 0 Å². The van der Waals surface area contributed by atoms with E-state index in [0.717, 1.165) is 38.1 Å². The molecule has 15 heavy (non-hydrogen) atoms. The molecule has 2 rings (SSSR count). The highest BCUT2D eigenvalue weighted by atomic mass is 16.2. The molecule has 0 atom stereocenters. The molecule has 1 amide bonds. The maximum absolute atomic E-state index is 11.7. The van der Waals surface area contributed by atoms with Crippen molar-refractivity contribution < 1.29 is 4.79 Å². The van der Waals surface area contributed by atoms with Crippen LogP contribution in [0.2, 0.25) is 0 Å². The van der Waals surface area contributed by atoms with E-state index in [1.165, 1.54) is 25.7 Å². The van der Waals surface area contributed by atoms with Crippen LogP contribution in [0.25, 0.3) is 0 Å². The molecule has 0 aromatic heterocycles. The zero-order valence-corrected chi connectivity index (χ0v) is 9.43. The van der Waals surface area contributed by atoms with Gasteiger partial charge in [-0.2, -0.15) is 0 Å². The van der Waals surface area contributed by atoms with Crippen molar-refractivity contribution in [1.29, 1.82) is 0 Å². The Hall–Kier alpha value is -0.570. The van der Waals surface area contributed by atoms with Crippen LogP contribution in [-0.2, 0) is 4.79 Å². The summed E-state index contributed by atoms with van der Waals surface area (Å²) in [5, 5.41) is 2.99. The standard InChI is InChI=1S/C12H22N2O/c13-12(7-3-8-12)11(15)14-9-6-10-4-1-2-5-10/h10H,1-9,13H2,(H,14,15).